The van der Waals surface area contributed by atoms with Crippen molar-refractivity contribution in [1.82, 2.24) is 9.97 Å². The van der Waals surface area contributed by atoms with Crippen molar-refractivity contribution in [1.29, 1.82) is 0 Å². The molecule has 0 fully saturated rings. The summed E-state index contributed by atoms with van der Waals surface area (Å²) in [6.07, 6.45) is 3.62. The van der Waals surface area contributed by atoms with E-state index in [9.17, 15) is 4.79 Å². The molecular formula is C9H7ClN2OS. The fourth-order valence-electron chi connectivity index (χ4n) is 1.10. The molecule has 0 bridgehead atoms. The van der Waals surface area contributed by atoms with Gasteiger partial charge in [-0.05, 0) is 12.1 Å². The minimum atomic E-state index is 0.0388. The van der Waals surface area contributed by atoms with E-state index in [-0.39, 0.29) is 5.78 Å². The molecule has 5 heteroatoms. The van der Waals surface area contributed by atoms with Crippen LogP contribution in [0.3, 0.4) is 0 Å². The van der Waals surface area contributed by atoms with Crippen LogP contribution in [0.5, 0.6) is 0 Å². The van der Waals surface area contributed by atoms with Crippen LogP contribution < -0.4 is 0 Å². The monoisotopic (exact) mass is 226 g/mol. The van der Waals surface area contributed by atoms with E-state index < -0.39 is 0 Å². The number of ketones is 1. The minimum absolute atomic E-state index is 0.0388. The van der Waals surface area contributed by atoms with E-state index in [0.29, 0.717) is 21.5 Å². The maximum absolute atomic E-state index is 11.6. The van der Waals surface area contributed by atoms with E-state index in [1.807, 2.05) is 0 Å². The highest BCUT2D eigenvalue weighted by molar-refractivity contribution is 7.18. The number of H-pyrrole nitrogens is 1. The average molecular weight is 227 g/mol. The predicted molar refractivity (Wildman–Crippen MR) is 56.0 cm³/mol. The molecule has 0 amide bonds. The third-order valence-corrected chi connectivity index (χ3v) is 3.00. The Bertz CT molecular complexity index is 435. The summed E-state index contributed by atoms with van der Waals surface area (Å²) in [6, 6.07) is 3.46. The third-order valence-electron chi connectivity index (χ3n) is 1.73. The van der Waals surface area contributed by atoms with Crippen molar-refractivity contribution in [2.75, 3.05) is 0 Å². The summed E-state index contributed by atoms with van der Waals surface area (Å²) in [4.78, 5) is 19.2. The highest BCUT2D eigenvalue weighted by Gasteiger charge is 2.10. The Balaban J connectivity index is 2.10. The Morgan fingerprint density at radius 3 is 3.00 bits per heavy atom. The van der Waals surface area contributed by atoms with Crippen molar-refractivity contribution < 1.29 is 4.79 Å². The van der Waals surface area contributed by atoms with Crippen LogP contribution in [0, 0.1) is 0 Å². The summed E-state index contributed by atoms with van der Waals surface area (Å²) in [5, 5.41) is 0. The second kappa shape index (κ2) is 3.94. The van der Waals surface area contributed by atoms with Crippen molar-refractivity contribution in [3.8, 4) is 0 Å². The number of nitrogens with zero attached hydrogens (tertiary/aromatic N) is 1. The Morgan fingerprint density at radius 1 is 1.57 bits per heavy atom. The molecule has 0 spiro atoms. The molecule has 0 aliphatic rings. The Hall–Kier alpha value is -1.13. The third kappa shape index (κ3) is 2.02. The number of aromatic amines is 1. The smallest absolute Gasteiger partial charge is 0.180 e. The van der Waals surface area contributed by atoms with Gasteiger partial charge in [-0.15, -0.1) is 11.3 Å². The number of hydrogen-bond donors (Lipinski definition) is 1. The normalized spacial score (nSPS) is 10.4. The van der Waals surface area contributed by atoms with Crippen LogP contribution in [-0.2, 0) is 6.42 Å². The lowest BCUT2D eigenvalue weighted by Crippen LogP contribution is -2.02. The van der Waals surface area contributed by atoms with Crippen LogP contribution in [0.1, 0.15) is 15.5 Å². The first-order chi connectivity index (χ1) is 6.75. The van der Waals surface area contributed by atoms with Gasteiger partial charge < -0.3 is 4.98 Å². The van der Waals surface area contributed by atoms with E-state index in [1.165, 1.54) is 11.3 Å². The lowest BCUT2D eigenvalue weighted by atomic mass is 10.2. The number of imidazole rings is 1. The van der Waals surface area contributed by atoms with Crippen molar-refractivity contribution in [3.63, 3.8) is 0 Å². The molecule has 2 rings (SSSR count). The molecular weight excluding hydrogens is 220 g/mol. The number of rotatable bonds is 3. The number of nitrogens with one attached hydrogen (secondary N) is 1. The zero-order valence-electron chi connectivity index (χ0n) is 7.16. The zero-order chi connectivity index (χ0) is 9.97. The maximum atomic E-state index is 11.6. The van der Waals surface area contributed by atoms with E-state index in [0.717, 1.165) is 0 Å². The summed E-state index contributed by atoms with van der Waals surface area (Å²) >= 11 is 7.02. The number of carbonyl (C=O) groups excluding carboxylic acids is 1. The number of aromatic nitrogens is 2. The van der Waals surface area contributed by atoms with E-state index in [4.69, 9.17) is 11.6 Å². The van der Waals surface area contributed by atoms with Gasteiger partial charge in [0.15, 0.2) is 5.78 Å². The Kier molecular flexibility index (Phi) is 2.65. The SMILES string of the molecule is O=C(Cc1ncc[nH]1)c1ccc(Cl)s1. The first kappa shape index (κ1) is 9.43. The summed E-state index contributed by atoms with van der Waals surface area (Å²) in [5.41, 5.74) is 0. The first-order valence-corrected chi connectivity index (χ1v) is 5.22. The Morgan fingerprint density at radius 2 is 2.43 bits per heavy atom. The number of halogens is 1. The molecule has 2 aromatic heterocycles. The van der Waals surface area contributed by atoms with Gasteiger partial charge >= 0.3 is 0 Å². The molecule has 72 valence electrons. The number of thiophene rings is 1. The van der Waals surface area contributed by atoms with Gasteiger partial charge in [0.2, 0.25) is 0 Å². The van der Waals surface area contributed by atoms with Crippen LogP contribution >= 0.6 is 22.9 Å². The quantitative estimate of drug-likeness (QED) is 0.818. The van der Waals surface area contributed by atoms with Crippen LogP contribution in [-0.4, -0.2) is 15.8 Å². The van der Waals surface area contributed by atoms with Crippen molar-refractivity contribution in [2.45, 2.75) is 6.42 Å². The fourth-order valence-corrected chi connectivity index (χ4v) is 2.08. The fraction of sp³-hybridized carbons (Fsp3) is 0.111. The molecule has 0 unspecified atom stereocenters. The molecule has 0 saturated heterocycles. The van der Waals surface area contributed by atoms with Crippen molar-refractivity contribution in [3.05, 3.63) is 39.6 Å². The minimum Gasteiger partial charge on any atom is -0.348 e. The van der Waals surface area contributed by atoms with Gasteiger partial charge in [0.1, 0.15) is 5.82 Å². The average Bonchev–Trinajstić information content (AvgIpc) is 2.75. The molecule has 1 N–H and O–H groups in total. The lowest BCUT2D eigenvalue weighted by molar-refractivity contribution is 0.0995. The van der Waals surface area contributed by atoms with E-state index in [2.05, 4.69) is 9.97 Å². The van der Waals surface area contributed by atoms with Gasteiger partial charge in [0, 0.05) is 12.4 Å². The molecule has 0 aromatic carbocycles. The van der Waals surface area contributed by atoms with Crippen LogP contribution in [0.2, 0.25) is 4.34 Å². The largest absolute Gasteiger partial charge is 0.348 e. The van der Waals surface area contributed by atoms with Gasteiger partial charge in [-0.25, -0.2) is 4.98 Å². The van der Waals surface area contributed by atoms with Gasteiger partial charge in [-0.2, -0.15) is 0 Å². The highest BCUT2D eigenvalue weighted by Crippen LogP contribution is 2.22. The molecule has 0 saturated carbocycles. The van der Waals surface area contributed by atoms with Crippen LogP contribution in [0.4, 0.5) is 0 Å². The summed E-state index contributed by atoms with van der Waals surface area (Å²) in [7, 11) is 0. The van der Waals surface area contributed by atoms with E-state index >= 15 is 0 Å². The molecule has 0 aliphatic carbocycles. The Labute approximate surface area is 89.8 Å². The predicted octanol–water partition coefficient (Wildman–Crippen LogP) is 2.55. The van der Waals surface area contributed by atoms with Gasteiger partial charge in [0.05, 0.1) is 15.6 Å². The molecule has 2 heterocycles. The van der Waals surface area contributed by atoms with Gasteiger partial charge in [-0.3, -0.25) is 4.79 Å². The topological polar surface area (TPSA) is 45.8 Å². The lowest BCUT2D eigenvalue weighted by Gasteiger charge is -1.93. The number of Topliss-reactive ketones (excluding diaryl/α,β-unsaturated/α-hetero) is 1. The molecule has 14 heavy (non-hydrogen) atoms. The maximum Gasteiger partial charge on any atom is 0.180 e. The number of carbonyl (C=O) groups is 1. The second-order valence-corrected chi connectivity index (χ2v) is 4.45. The van der Waals surface area contributed by atoms with Crippen molar-refractivity contribution >= 4 is 28.7 Å². The van der Waals surface area contributed by atoms with Crippen LogP contribution in [0.25, 0.3) is 0 Å². The number of hydrogen-bond acceptors (Lipinski definition) is 3. The standard InChI is InChI=1S/C9H7ClN2OS/c10-8-2-1-7(14-8)6(13)5-9-11-3-4-12-9/h1-4H,5H2,(H,11,12). The van der Waals surface area contributed by atoms with Crippen LogP contribution in [0.15, 0.2) is 24.5 Å². The van der Waals surface area contributed by atoms with E-state index in [1.54, 1.807) is 24.5 Å². The molecule has 2 aromatic rings. The first-order valence-electron chi connectivity index (χ1n) is 4.02. The summed E-state index contributed by atoms with van der Waals surface area (Å²) < 4.78 is 0.632. The summed E-state index contributed by atoms with van der Waals surface area (Å²) in [6.45, 7) is 0. The molecule has 3 nitrogen and oxygen atoms in total. The summed E-state index contributed by atoms with van der Waals surface area (Å²) in [5.74, 6) is 0.719. The molecule has 0 radical (unpaired) electrons. The zero-order valence-corrected chi connectivity index (χ0v) is 8.73. The molecule has 0 aliphatic heterocycles. The van der Waals surface area contributed by atoms with Crippen molar-refractivity contribution in [2.24, 2.45) is 0 Å². The highest BCUT2D eigenvalue weighted by atomic mass is 35.5. The van der Waals surface area contributed by atoms with Gasteiger partial charge in [0.25, 0.3) is 0 Å². The molecule has 0 atom stereocenters. The van der Waals surface area contributed by atoms with Gasteiger partial charge in [-0.1, -0.05) is 11.6 Å². The second-order valence-electron chi connectivity index (χ2n) is 2.74.